The topological polar surface area (TPSA) is 67.1 Å². The van der Waals surface area contributed by atoms with Crippen molar-refractivity contribution < 1.29 is 0 Å². The molecule has 0 aliphatic carbocycles. The van der Waals surface area contributed by atoms with Gasteiger partial charge in [0, 0.05) is 31.7 Å². The SMILES string of the molecule is CCNC(=NCc1nc(C(C)C)cs1)NCCc1cnn(C)c1.I. The molecule has 0 aliphatic heterocycles. The maximum absolute atomic E-state index is 4.62. The van der Waals surface area contributed by atoms with E-state index in [1.54, 1.807) is 11.3 Å². The fourth-order valence-corrected chi connectivity index (χ4v) is 2.96. The molecule has 2 aromatic rings. The summed E-state index contributed by atoms with van der Waals surface area (Å²) in [4.78, 5) is 9.23. The Bertz CT molecular complexity index is 634. The van der Waals surface area contributed by atoms with E-state index in [9.17, 15) is 0 Å². The van der Waals surface area contributed by atoms with Crippen LogP contribution in [-0.4, -0.2) is 33.8 Å². The summed E-state index contributed by atoms with van der Waals surface area (Å²) in [6.07, 6.45) is 4.86. The van der Waals surface area contributed by atoms with Gasteiger partial charge in [0.2, 0.25) is 0 Å². The van der Waals surface area contributed by atoms with E-state index in [-0.39, 0.29) is 24.0 Å². The van der Waals surface area contributed by atoms with Crippen molar-refractivity contribution in [2.75, 3.05) is 13.1 Å². The van der Waals surface area contributed by atoms with Gasteiger partial charge in [0.15, 0.2) is 5.96 Å². The van der Waals surface area contributed by atoms with Crippen molar-refractivity contribution in [1.82, 2.24) is 25.4 Å². The molecule has 0 atom stereocenters. The van der Waals surface area contributed by atoms with Crippen LogP contribution in [0.1, 0.15) is 43.0 Å². The van der Waals surface area contributed by atoms with E-state index in [4.69, 9.17) is 0 Å². The molecule has 2 N–H and O–H groups in total. The zero-order valence-corrected chi connectivity index (χ0v) is 17.9. The van der Waals surface area contributed by atoms with E-state index in [0.717, 1.165) is 36.2 Å². The molecule has 2 heterocycles. The van der Waals surface area contributed by atoms with Gasteiger partial charge in [-0.1, -0.05) is 13.8 Å². The van der Waals surface area contributed by atoms with Crippen molar-refractivity contribution >= 4 is 41.3 Å². The fraction of sp³-hybridized carbons (Fsp3) is 0.562. The highest BCUT2D eigenvalue weighted by Crippen LogP contribution is 2.18. The Hall–Kier alpha value is -1.16. The molecular weight excluding hydrogens is 435 g/mol. The van der Waals surface area contributed by atoms with Gasteiger partial charge in [-0.15, -0.1) is 35.3 Å². The average molecular weight is 462 g/mol. The molecule has 0 spiro atoms. The maximum Gasteiger partial charge on any atom is 0.191 e. The minimum atomic E-state index is 0. The second kappa shape index (κ2) is 10.7. The van der Waals surface area contributed by atoms with Gasteiger partial charge in [0.25, 0.3) is 0 Å². The molecule has 0 saturated carbocycles. The van der Waals surface area contributed by atoms with Crippen LogP contribution in [0.4, 0.5) is 0 Å². The Morgan fingerprint density at radius 2 is 2.17 bits per heavy atom. The number of halogens is 1. The van der Waals surface area contributed by atoms with Crippen molar-refractivity contribution in [1.29, 1.82) is 0 Å². The van der Waals surface area contributed by atoms with Gasteiger partial charge in [-0.25, -0.2) is 9.98 Å². The molecular formula is C16H27IN6S. The molecule has 0 unspecified atom stereocenters. The summed E-state index contributed by atoms with van der Waals surface area (Å²) >= 11 is 1.68. The summed E-state index contributed by atoms with van der Waals surface area (Å²) in [5.74, 6) is 1.30. The third-order valence-corrected chi connectivity index (χ3v) is 4.19. The Morgan fingerprint density at radius 3 is 2.75 bits per heavy atom. The highest BCUT2D eigenvalue weighted by molar-refractivity contribution is 14.0. The van der Waals surface area contributed by atoms with Crippen molar-refractivity contribution in [3.05, 3.63) is 34.0 Å². The number of guanidine groups is 1. The number of thiazole rings is 1. The lowest BCUT2D eigenvalue weighted by atomic mass is 10.2. The van der Waals surface area contributed by atoms with Crippen molar-refractivity contribution in [2.24, 2.45) is 12.0 Å². The van der Waals surface area contributed by atoms with Crippen molar-refractivity contribution in [2.45, 2.75) is 39.7 Å². The number of hydrogen-bond acceptors (Lipinski definition) is 4. The maximum atomic E-state index is 4.62. The van der Waals surface area contributed by atoms with E-state index < -0.39 is 0 Å². The molecule has 0 aromatic carbocycles. The molecule has 0 fully saturated rings. The van der Waals surface area contributed by atoms with E-state index >= 15 is 0 Å². The first-order chi connectivity index (χ1) is 11.1. The monoisotopic (exact) mass is 462 g/mol. The van der Waals surface area contributed by atoms with Gasteiger partial charge in [0.1, 0.15) is 5.01 Å². The molecule has 8 heteroatoms. The van der Waals surface area contributed by atoms with E-state index in [1.165, 1.54) is 5.56 Å². The van der Waals surface area contributed by atoms with Crippen LogP contribution in [0.25, 0.3) is 0 Å². The van der Waals surface area contributed by atoms with Crippen LogP contribution in [0.5, 0.6) is 0 Å². The van der Waals surface area contributed by atoms with Crippen LogP contribution in [0.15, 0.2) is 22.8 Å². The molecule has 2 rings (SSSR count). The number of aliphatic imine (C=N–C) groups is 1. The molecule has 6 nitrogen and oxygen atoms in total. The first-order valence-electron chi connectivity index (χ1n) is 8.02. The Labute approximate surface area is 165 Å². The van der Waals surface area contributed by atoms with Gasteiger partial charge in [0.05, 0.1) is 18.4 Å². The minimum Gasteiger partial charge on any atom is -0.357 e. The Morgan fingerprint density at radius 1 is 1.38 bits per heavy atom. The lowest BCUT2D eigenvalue weighted by molar-refractivity contribution is 0.764. The molecule has 0 saturated heterocycles. The second-order valence-electron chi connectivity index (χ2n) is 5.72. The summed E-state index contributed by atoms with van der Waals surface area (Å²) < 4.78 is 1.82. The lowest BCUT2D eigenvalue weighted by Crippen LogP contribution is -2.38. The number of aromatic nitrogens is 3. The van der Waals surface area contributed by atoms with Gasteiger partial charge in [-0.05, 0) is 24.8 Å². The Balaban J connectivity index is 0.00000288. The normalized spacial score (nSPS) is 11.5. The van der Waals surface area contributed by atoms with Crippen molar-refractivity contribution in [3.8, 4) is 0 Å². The molecule has 0 aliphatic rings. The number of nitrogens with zero attached hydrogens (tertiary/aromatic N) is 4. The van der Waals surface area contributed by atoms with Gasteiger partial charge < -0.3 is 10.6 Å². The quantitative estimate of drug-likeness (QED) is 0.377. The highest BCUT2D eigenvalue weighted by atomic mass is 127. The molecule has 24 heavy (non-hydrogen) atoms. The van der Waals surface area contributed by atoms with Crippen LogP contribution in [0.2, 0.25) is 0 Å². The van der Waals surface area contributed by atoms with Crippen molar-refractivity contribution in [3.63, 3.8) is 0 Å². The number of nitrogens with one attached hydrogen (secondary N) is 2. The Kier molecular flexibility index (Phi) is 9.27. The molecule has 0 amide bonds. The third-order valence-electron chi connectivity index (χ3n) is 3.34. The number of rotatable bonds is 7. The number of hydrogen-bond donors (Lipinski definition) is 2. The first-order valence-corrected chi connectivity index (χ1v) is 8.90. The zero-order chi connectivity index (χ0) is 16.7. The average Bonchev–Trinajstić information content (AvgIpc) is 3.14. The largest absolute Gasteiger partial charge is 0.357 e. The third kappa shape index (κ3) is 6.76. The van der Waals surface area contributed by atoms with E-state index in [1.807, 2.05) is 24.1 Å². The van der Waals surface area contributed by atoms with E-state index in [0.29, 0.717) is 12.5 Å². The summed E-state index contributed by atoms with van der Waals surface area (Å²) in [7, 11) is 1.93. The highest BCUT2D eigenvalue weighted by Gasteiger charge is 2.05. The first kappa shape index (κ1) is 20.9. The standard InChI is InChI=1S/C16H26N6S.HI/c1-5-17-16(18-7-6-13-8-20-22(4)10-13)19-9-15-21-14(11-23-15)12(2)3;/h8,10-12H,5-7,9H2,1-4H3,(H2,17,18,19);1H. The van der Waals surface area contributed by atoms with Crippen LogP contribution >= 0.6 is 35.3 Å². The van der Waals surface area contributed by atoms with Crippen LogP contribution in [0, 0.1) is 0 Å². The predicted octanol–water partition coefficient (Wildman–Crippen LogP) is 2.92. The molecule has 2 aromatic heterocycles. The smallest absolute Gasteiger partial charge is 0.191 e. The van der Waals surface area contributed by atoms with Crippen LogP contribution < -0.4 is 10.6 Å². The molecule has 0 radical (unpaired) electrons. The summed E-state index contributed by atoms with van der Waals surface area (Å²) in [5.41, 5.74) is 2.37. The zero-order valence-electron chi connectivity index (χ0n) is 14.7. The minimum absolute atomic E-state index is 0. The summed E-state index contributed by atoms with van der Waals surface area (Å²) in [6, 6.07) is 0. The molecule has 0 bridgehead atoms. The van der Waals surface area contributed by atoms with Gasteiger partial charge in [-0.3, -0.25) is 4.68 Å². The number of aryl methyl sites for hydroxylation is 1. The fourth-order valence-electron chi connectivity index (χ4n) is 2.08. The van der Waals surface area contributed by atoms with Crippen LogP contribution in [0.3, 0.4) is 0 Å². The second-order valence-corrected chi connectivity index (χ2v) is 6.66. The predicted molar refractivity (Wildman–Crippen MR) is 111 cm³/mol. The lowest BCUT2D eigenvalue weighted by Gasteiger charge is -2.10. The van der Waals surface area contributed by atoms with E-state index in [2.05, 4.69) is 51.9 Å². The molecule has 134 valence electrons. The van der Waals surface area contributed by atoms with Gasteiger partial charge in [-0.2, -0.15) is 5.10 Å². The summed E-state index contributed by atoms with van der Waals surface area (Å²) in [6.45, 7) is 8.66. The summed E-state index contributed by atoms with van der Waals surface area (Å²) in [5, 5.41) is 14.0. The van der Waals surface area contributed by atoms with Gasteiger partial charge >= 0.3 is 0 Å². The van der Waals surface area contributed by atoms with Crippen LogP contribution in [-0.2, 0) is 20.0 Å².